The summed E-state index contributed by atoms with van der Waals surface area (Å²) in [6.07, 6.45) is 2.01. The molecule has 0 amide bonds. The van der Waals surface area contributed by atoms with Crippen LogP contribution in [0, 0.1) is 0 Å². The first kappa shape index (κ1) is 13.8. The molecule has 18 heavy (non-hydrogen) atoms. The van der Waals surface area contributed by atoms with Crippen molar-refractivity contribution in [1.29, 1.82) is 0 Å². The van der Waals surface area contributed by atoms with Gasteiger partial charge in [0, 0.05) is 42.3 Å². The van der Waals surface area contributed by atoms with Crippen molar-refractivity contribution in [3.63, 3.8) is 0 Å². The van der Waals surface area contributed by atoms with E-state index in [0.717, 1.165) is 13.1 Å². The molecule has 0 spiro atoms. The molecular formula is C13H24N4S. The average molecular weight is 268 g/mol. The van der Waals surface area contributed by atoms with E-state index in [2.05, 4.69) is 47.9 Å². The number of nitrogens with one attached hydrogen (secondary N) is 1. The Morgan fingerprint density at radius 1 is 1.39 bits per heavy atom. The Hall–Kier alpha value is -0.650. The molecule has 3 unspecified atom stereocenters. The second-order valence-corrected chi connectivity index (χ2v) is 6.36. The number of likely N-dealkylation sites (N-methyl/N-ethyl adjacent to an activating group) is 1. The first-order valence-electron chi connectivity index (χ1n) is 6.62. The minimum Gasteiger partial charge on any atom is -0.345 e. The first-order chi connectivity index (χ1) is 8.52. The quantitative estimate of drug-likeness (QED) is 0.908. The molecule has 0 saturated carbocycles. The molecule has 1 aromatic heterocycles. The third kappa shape index (κ3) is 2.68. The van der Waals surface area contributed by atoms with E-state index in [1.165, 1.54) is 10.0 Å². The zero-order valence-corrected chi connectivity index (χ0v) is 12.8. The first-order valence-corrected chi connectivity index (χ1v) is 7.44. The predicted molar refractivity (Wildman–Crippen MR) is 78.5 cm³/mol. The van der Waals surface area contributed by atoms with Crippen molar-refractivity contribution < 1.29 is 0 Å². The van der Waals surface area contributed by atoms with Crippen LogP contribution in [0.15, 0.2) is 6.20 Å². The van der Waals surface area contributed by atoms with Crippen LogP contribution in [0.25, 0.3) is 0 Å². The molecule has 5 heteroatoms. The van der Waals surface area contributed by atoms with Crippen molar-refractivity contribution in [1.82, 2.24) is 15.2 Å². The van der Waals surface area contributed by atoms with Gasteiger partial charge in [0.25, 0.3) is 0 Å². The third-order valence-corrected chi connectivity index (χ3v) is 5.24. The summed E-state index contributed by atoms with van der Waals surface area (Å²) >= 11 is 1.81. The van der Waals surface area contributed by atoms with E-state index >= 15 is 0 Å². The molecule has 2 rings (SSSR count). The fourth-order valence-electron chi connectivity index (χ4n) is 2.33. The maximum absolute atomic E-state index is 4.59. The van der Waals surface area contributed by atoms with Gasteiger partial charge in [-0.2, -0.15) is 0 Å². The highest BCUT2D eigenvalue weighted by atomic mass is 32.1. The molecule has 0 radical (unpaired) electrons. The molecule has 1 fully saturated rings. The van der Waals surface area contributed by atoms with Gasteiger partial charge < -0.3 is 10.2 Å². The van der Waals surface area contributed by atoms with Crippen molar-refractivity contribution in [2.75, 3.05) is 32.1 Å². The summed E-state index contributed by atoms with van der Waals surface area (Å²) in [5, 5.41) is 4.43. The van der Waals surface area contributed by atoms with Gasteiger partial charge in [-0.25, -0.2) is 4.98 Å². The number of anilines is 1. The SMILES string of the molecule is CNC(C)c1cnc(N2CC(C)N(C)C(C)C2)s1. The number of aromatic nitrogens is 1. The maximum Gasteiger partial charge on any atom is 0.185 e. The molecule has 102 valence electrons. The molecule has 3 atom stereocenters. The minimum absolute atomic E-state index is 0.388. The molecule has 1 aromatic rings. The van der Waals surface area contributed by atoms with Crippen LogP contribution in [-0.4, -0.2) is 49.2 Å². The van der Waals surface area contributed by atoms with Gasteiger partial charge in [-0.1, -0.05) is 0 Å². The summed E-state index contributed by atoms with van der Waals surface area (Å²) in [6.45, 7) is 8.89. The van der Waals surface area contributed by atoms with Crippen molar-refractivity contribution >= 4 is 16.5 Å². The van der Waals surface area contributed by atoms with E-state index in [0.29, 0.717) is 18.1 Å². The van der Waals surface area contributed by atoms with Gasteiger partial charge in [0.15, 0.2) is 5.13 Å². The van der Waals surface area contributed by atoms with Crippen molar-refractivity contribution in [2.24, 2.45) is 0 Å². The molecule has 4 nitrogen and oxygen atoms in total. The largest absolute Gasteiger partial charge is 0.345 e. The number of hydrogen-bond acceptors (Lipinski definition) is 5. The molecule has 0 bridgehead atoms. The lowest BCUT2D eigenvalue weighted by atomic mass is 10.1. The fourth-order valence-corrected chi connectivity index (χ4v) is 3.32. The second-order valence-electron chi connectivity index (χ2n) is 5.32. The summed E-state index contributed by atoms with van der Waals surface area (Å²) in [6, 6.07) is 1.56. The maximum atomic E-state index is 4.59. The molecule has 1 aliphatic heterocycles. The molecule has 0 aliphatic carbocycles. The van der Waals surface area contributed by atoms with Gasteiger partial charge in [-0.05, 0) is 34.9 Å². The Labute approximate surface area is 114 Å². The van der Waals surface area contributed by atoms with Crippen molar-refractivity contribution in [3.05, 3.63) is 11.1 Å². The normalized spacial score (nSPS) is 27.5. The molecule has 1 N–H and O–H groups in total. The zero-order chi connectivity index (χ0) is 13.3. The second kappa shape index (κ2) is 5.55. The zero-order valence-electron chi connectivity index (χ0n) is 12.0. The van der Waals surface area contributed by atoms with Crippen LogP contribution in [0.4, 0.5) is 5.13 Å². The highest BCUT2D eigenvalue weighted by Gasteiger charge is 2.28. The Balaban J connectivity index is 2.10. The number of thiazole rings is 1. The van der Waals surface area contributed by atoms with E-state index in [1.807, 2.05) is 24.6 Å². The van der Waals surface area contributed by atoms with Crippen LogP contribution in [0.1, 0.15) is 31.7 Å². The lowest BCUT2D eigenvalue weighted by Crippen LogP contribution is -2.55. The van der Waals surface area contributed by atoms with E-state index in [1.54, 1.807) is 0 Å². The van der Waals surface area contributed by atoms with Gasteiger partial charge in [-0.3, -0.25) is 4.90 Å². The summed E-state index contributed by atoms with van der Waals surface area (Å²) in [7, 11) is 4.20. The summed E-state index contributed by atoms with van der Waals surface area (Å²) in [4.78, 5) is 10.8. The van der Waals surface area contributed by atoms with Gasteiger partial charge in [0.2, 0.25) is 0 Å². The van der Waals surface area contributed by atoms with E-state index in [4.69, 9.17) is 0 Å². The van der Waals surface area contributed by atoms with Crippen LogP contribution in [0.3, 0.4) is 0 Å². The molecule has 2 heterocycles. The standard InChI is InChI=1S/C13H24N4S/c1-9-7-17(8-10(2)16(9)5)13-15-6-12(18-13)11(3)14-4/h6,9-11,14H,7-8H2,1-5H3. The summed E-state index contributed by atoms with van der Waals surface area (Å²) in [5.74, 6) is 0. The highest BCUT2D eigenvalue weighted by Crippen LogP contribution is 2.29. The van der Waals surface area contributed by atoms with E-state index in [9.17, 15) is 0 Å². The fraction of sp³-hybridized carbons (Fsp3) is 0.769. The lowest BCUT2D eigenvalue weighted by molar-refractivity contribution is 0.170. The minimum atomic E-state index is 0.388. The Bertz CT molecular complexity index is 380. The van der Waals surface area contributed by atoms with Crippen LogP contribution < -0.4 is 10.2 Å². The van der Waals surface area contributed by atoms with Gasteiger partial charge >= 0.3 is 0 Å². The van der Waals surface area contributed by atoms with Crippen molar-refractivity contribution in [3.8, 4) is 0 Å². The van der Waals surface area contributed by atoms with Crippen LogP contribution in [-0.2, 0) is 0 Å². The highest BCUT2D eigenvalue weighted by molar-refractivity contribution is 7.15. The smallest absolute Gasteiger partial charge is 0.185 e. The van der Waals surface area contributed by atoms with Crippen LogP contribution in [0.2, 0.25) is 0 Å². The summed E-state index contributed by atoms with van der Waals surface area (Å²) < 4.78 is 0. The van der Waals surface area contributed by atoms with Crippen molar-refractivity contribution in [2.45, 2.75) is 38.9 Å². The topological polar surface area (TPSA) is 31.4 Å². The lowest BCUT2D eigenvalue weighted by Gasteiger charge is -2.42. The van der Waals surface area contributed by atoms with E-state index in [-0.39, 0.29) is 0 Å². The Morgan fingerprint density at radius 2 is 2.00 bits per heavy atom. The van der Waals surface area contributed by atoms with Crippen LogP contribution in [0.5, 0.6) is 0 Å². The Kier molecular flexibility index (Phi) is 4.25. The predicted octanol–water partition coefficient (Wildman–Crippen LogP) is 1.95. The third-order valence-electron chi connectivity index (χ3n) is 4.00. The number of hydrogen-bond donors (Lipinski definition) is 1. The monoisotopic (exact) mass is 268 g/mol. The molecule has 0 aromatic carbocycles. The number of nitrogens with zero attached hydrogens (tertiary/aromatic N) is 3. The number of piperazine rings is 1. The summed E-state index contributed by atoms with van der Waals surface area (Å²) in [5.41, 5.74) is 0. The Morgan fingerprint density at radius 3 is 2.56 bits per heavy atom. The molecule has 1 aliphatic rings. The average Bonchev–Trinajstić information content (AvgIpc) is 2.84. The molecular weight excluding hydrogens is 244 g/mol. The number of rotatable bonds is 3. The van der Waals surface area contributed by atoms with Gasteiger partial charge in [-0.15, -0.1) is 11.3 Å². The van der Waals surface area contributed by atoms with Gasteiger partial charge in [0.05, 0.1) is 0 Å². The van der Waals surface area contributed by atoms with Gasteiger partial charge in [0.1, 0.15) is 0 Å². The van der Waals surface area contributed by atoms with E-state index < -0.39 is 0 Å². The van der Waals surface area contributed by atoms with Crippen LogP contribution >= 0.6 is 11.3 Å². The molecule has 1 saturated heterocycles.